The number of nitrogens with one attached hydrogen (secondary N) is 1. The lowest BCUT2D eigenvalue weighted by Gasteiger charge is -2.34. The average Bonchev–Trinajstić information content (AvgIpc) is 3.46. The van der Waals surface area contributed by atoms with Gasteiger partial charge in [-0.3, -0.25) is 13.9 Å². The Morgan fingerprint density at radius 2 is 1.56 bits per heavy atom. The summed E-state index contributed by atoms with van der Waals surface area (Å²) in [6, 6.07) is 18.4. The van der Waals surface area contributed by atoms with Crippen LogP contribution in [0.2, 0.25) is 15.1 Å². The fourth-order valence-electron chi connectivity index (χ4n) is 4.99. The summed E-state index contributed by atoms with van der Waals surface area (Å²) in [5, 5.41) is 4.02. The third-order valence-corrected chi connectivity index (χ3v) is 9.71. The first-order valence-electron chi connectivity index (χ1n) is 13.5. The van der Waals surface area contributed by atoms with Gasteiger partial charge in [-0.2, -0.15) is 0 Å². The van der Waals surface area contributed by atoms with Crippen LogP contribution in [0.3, 0.4) is 0 Å². The number of halogens is 3. The number of benzene rings is 3. The summed E-state index contributed by atoms with van der Waals surface area (Å²) >= 11 is 18.6. The zero-order valence-electron chi connectivity index (χ0n) is 22.6. The number of hydrogen-bond donors (Lipinski definition) is 1. The van der Waals surface area contributed by atoms with E-state index >= 15 is 0 Å². The Morgan fingerprint density at radius 3 is 2.17 bits per heavy atom. The van der Waals surface area contributed by atoms with E-state index in [1.807, 2.05) is 6.92 Å². The number of amides is 2. The van der Waals surface area contributed by atoms with Crippen molar-refractivity contribution in [1.29, 1.82) is 0 Å². The summed E-state index contributed by atoms with van der Waals surface area (Å²) in [5.41, 5.74) is 0.847. The molecule has 1 aliphatic rings. The molecule has 1 aliphatic carbocycles. The van der Waals surface area contributed by atoms with Crippen LogP contribution in [0.15, 0.2) is 77.7 Å². The first kappa shape index (κ1) is 31.2. The number of carbonyl (C=O) groups excluding carboxylic acids is 2. The van der Waals surface area contributed by atoms with Gasteiger partial charge in [0.1, 0.15) is 12.6 Å². The van der Waals surface area contributed by atoms with E-state index in [4.69, 9.17) is 34.8 Å². The van der Waals surface area contributed by atoms with Crippen LogP contribution < -0.4 is 9.62 Å². The predicted octanol–water partition coefficient (Wildman–Crippen LogP) is 6.71. The Hall–Kier alpha value is -2.78. The molecule has 0 radical (unpaired) electrons. The summed E-state index contributed by atoms with van der Waals surface area (Å²) < 4.78 is 28.8. The van der Waals surface area contributed by atoms with E-state index in [2.05, 4.69) is 5.32 Å². The number of hydrogen-bond acceptors (Lipinski definition) is 4. The van der Waals surface area contributed by atoms with Crippen molar-refractivity contribution in [1.82, 2.24) is 10.2 Å². The molecule has 1 saturated carbocycles. The highest BCUT2D eigenvalue weighted by Crippen LogP contribution is 2.33. The van der Waals surface area contributed by atoms with Crippen LogP contribution in [0, 0.1) is 0 Å². The topological polar surface area (TPSA) is 86.8 Å². The number of nitrogens with zero attached hydrogens (tertiary/aromatic N) is 2. The largest absolute Gasteiger partial charge is 0.352 e. The van der Waals surface area contributed by atoms with Crippen molar-refractivity contribution in [3.63, 3.8) is 0 Å². The molecule has 4 rings (SSSR count). The van der Waals surface area contributed by atoms with Gasteiger partial charge in [0.15, 0.2) is 0 Å². The Morgan fingerprint density at radius 1 is 0.927 bits per heavy atom. The van der Waals surface area contributed by atoms with Gasteiger partial charge in [-0.25, -0.2) is 8.42 Å². The molecule has 0 aliphatic heterocycles. The van der Waals surface area contributed by atoms with Gasteiger partial charge in [0.25, 0.3) is 10.0 Å². The van der Waals surface area contributed by atoms with Gasteiger partial charge in [0.2, 0.25) is 11.8 Å². The van der Waals surface area contributed by atoms with Crippen LogP contribution in [-0.2, 0) is 26.2 Å². The lowest BCUT2D eigenvalue weighted by molar-refractivity contribution is -0.140. The van der Waals surface area contributed by atoms with Crippen molar-refractivity contribution in [3.05, 3.63) is 93.4 Å². The summed E-state index contributed by atoms with van der Waals surface area (Å²) in [5.74, 6) is -0.817. The minimum absolute atomic E-state index is 0.00548. The summed E-state index contributed by atoms with van der Waals surface area (Å²) in [4.78, 5) is 29.1. The quantitative estimate of drug-likeness (QED) is 0.254. The van der Waals surface area contributed by atoms with E-state index in [0.717, 1.165) is 35.6 Å². The lowest BCUT2D eigenvalue weighted by atomic mass is 10.1. The highest BCUT2D eigenvalue weighted by Gasteiger charge is 2.35. The van der Waals surface area contributed by atoms with E-state index in [0.29, 0.717) is 16.5 Å². The predicted molar refractivity (Wildman–Crippen MR) is 164 cm³/mol. The molecule has 11 heteroatoms. The number of sulfonamides is 1. The van der Waals surface area contributed by atoms with Crippen molar-refractivity contribution < 1.29 is 18.0 Å². The SMILES string of the molecule is CCC(C(=O)NC1CCCC1)N(Cc1ccc(Cl)cc1)C(=O)CN(c1ccc(Cl)cc1Cl)S(=O)(=O)c1ccccc1. The molecule has 2 amide bonds. The third kappa shape index (κ3) is 7.74. The van der Waals surface area contributed by atoms with Crippen molar-refractivity contribution >= 4 is 62.3 Å². The second-order valence-electron chi connectivity index (χ2n) is 9.98. The van der Waals surface area contributed by atoms with Gasteiger partial charge in [-0.05, 0) is 67.3 Å². The minimum Gasteiger partial charge on any atom is -0.352 e. The zero-order valence-corrected chi connectivity index (χ0v) is 25.7. The minimum atomic E-state index is -4.23. The molecule has 0 bridgehead atoms. The van der Waals surface area contributed by atoms with E-state index in [-0.39, 0.29) is 34.1 Å². The highest BCUT2D eigenvalue weighted by atomic mass is 35.5. The molecule has 218 valence electrons. The monoisotopic (exact) mass is 635 g/mol. The highest BCUT2D eigenvalue weighted by molar-refractivity contribution is 7.92. The first-order valence-corrected chi connectivity index (χ1v) is 16.0. The fourth-order valence-corrected chi connectivity index (χ4v) is 7.13. The molecule has 1 N–H and O–H groups in total. The van der Waals surface area contributed by atoms with Crippen molar-refractivity contribution in [2.75, 3.05) is 10.8 Å². The molecule has 3 aromatic rings. The summed E-state index contributed by atoms with van der Waals surface area (Å²) in [6.45, 7) is 1.33. The maximum absolute atomic E-state index is 14.1. The molecule has 0 saturated heterocycles. The normalized spacial score (nSPS) is 14.4. The van der Waals surface area contributed by atoms with Gasteiger partial charge in [-0.1, -0.05) is 84.9 Å². The number of anilines is 1. The second-order valence-corrected chi connectivity index (χ2v) is 13.1. The smallest absolute Gasteiger partial charge is 0.264 e. The Labute approximate surface area is 256 Å². The molecule has 1 atom stereocenters. The maximum Gasteiger partial charge on any atom is 0.264 e. The summed E-state index contributed by atoms with van der Waals surface area (Å²) in [6.07, 6.45) is 4.22. The standard InChI is InChI=1S/C30H32Cl3N3O4S/c1-2-27(30(38)34-24-8-6-7-9-24)35(19-21-12-14-22(31)15-13-21)29(37)20-36(28-17-16-23(32)18-26(28)33)41(39,40)25-10-4-3-5-11-25/h3-5,10-18,24,27H,2,6-9,19-20H2,1H3,(H,34,38). The van der Waals surface area contributed by atoms with Crippen LogP contribution in [0.1, 0.15) is 44.6 Å². The molecule has 3 aromatic carbocycles. The molecule has 1 unspecified atom stereocenters. The molecule has 0 aromatic heterocycles. The van der Waals surface area contributed by atoms with Gasteiger partial charge in [-0.15, -0.1) is 0 Å². The van der Waals surface area contributed by atoms with Crippen molar-refractivity contribution in [2.45, 2.75) is 62.6 Å². The van der Waals surface area contributed by atoms with E-state index < -0.39 is 28.5 Å². The average molecular weight is 637 g/mol. The molecular formula is C30H32Cl3N3O4S. The second kappa shape index (κ2) is 13.9. The number of rotatable bonds is 11. The van der Waals surface area contributed by atoms with Crippen LogP contribution in [0.4, 0.5) is 5.69 Å². The van der Waals surface area contributed by atoms with Gasteiger partial charge >= 0.3 is 0 Å². The van der Waals surface area contributed by atoms with Crippen LogP contribution in [0.25, 0.3) is 0 Å². The number of carbonyl (C=O) groups is 2. The fraction of sp³-hybridized carbons (Fsp3) is 0.333. The van der Waals surface area contributed by atoms with Gasteiger partial charge < -0.3 is 10.2 Å². The molecular weight excluding hydrogens is 605 g/mol. The summed E-state index contributed by atoms with van der Waals surface area (Å²) in [7, 11) is -4.23. The van der Waals surface area contributed by atoms with Crippen LogP contribution >= 0.6 is 34.8 Å². The van der Waals surface area contributed by atoms with Crippen molar-refractivity contribution in [2.24, 2.45) is 0 Å². The van der Waals surface area contributed by atoms with E-state index in [1.165, 1.54) is 35.2 Å². The van der Waals surface area contributed by atoms with Crippen molar-refractivity contribution in [3.8, 4) is 0 Å². The van der Waals surface area contributed by atoms with E-state index in [1.54, 1.807) is 42.5 Å². The zero-order chi connectivity index (χ0) is 29.6. The van der Waals surface area contributed by atoms with Gasteiger partial charge in [0, 0.05) is 22.6 Å². The molecule has 7 nitrogen and oxygen atoms in total. The first-order chi connectivity index (χ1) is 19.6. The lowest BCUT2D eigenvalue weighted by Crippen LogP contribution is -2.53. The molecule has 0 heterocycles. The Kier molecular flexibility index (Phi) is 10.6. The van der Waals surface area contributed by atoms with Crippen LogP contribution in [-0.4, -0.2) is 43.8 Å². The molecule has 0 spiro atoms. The Bertz CT molecular complexity index is 1460. The van der Waals surface area contributed by atoms with E-state index in [9.17, 15) is 18.0 Å². The Balaban J connectivity index is 1.72. The van der Waals surface area contributed by atoms with Gasteiger partial charge in [0.05, 0.1) is 15.6 Å². The third-order valence-electron chi connectivity index (χ3n) is 7.14. The molecule has 1 fully saturated rings. The maximum atomic E-state index is 14.1. The van der Waals surface area contributed by atoms with Crippen LogP contribution in [0.5, 0.6) is 0 Å². The molecule has 41 heavy (non-hydrogen) atoms.